The standard InChI is InChI=1S/C21H20F3N5O/c1-3-11-4-5-12(21(22,23)24)8-14(11)17-15(20(30)25-2)9-16(29-17)18-13-6-7-26-19(13)28-10-27-18/h4-5,8-10,29H,3,6-7H2,1-2H3,(H,25,30)(H,26,27,28). The zero-order valence-electron chi connectivity index (χ0n) is 16.4. The molecule has 3 heterocycles. The quantitative estimate of drug-likeness (QED) is 0.601. The lowest BCUT2D eigenvalue weighted by molar-refractivity contribution is -0.137. The number of benzene rings is 1. The molecule has 9 heteroatoms. The third-order valence-corrected chi connectivity index (χ3v) is 5.24. The maximum absolute atomic E-state index is 13.4. The molecule has 1 aliphatic rings. The molecule has 2 aromatic heterocycles. The largest absolute Gasteiger partial charge is 0.416 e. The minimum Gasteiger partial charge on any atom is -0.369 e. The van der Waals surface area contributed by atoms with Gasteiger partial charge in [0.2, 0.25) is 0 Å². The molecule has 0 radical (unpaired) electrons. The molecular weight excluding hydrogens is 395 g/mol. The van der Waals surface area contributed by atoms with Crippen LogP contribution >= 0.6 is 0 Å². The van der Waals surface area contributed by atoms with Crippen LogP contribution in [0.2, 0.25) is 0 Å². The predicted molar refractivity (Wildman–Crippen MR) is 107 cm³/mol. The number of carbonyl (C=O) groups excluding carboxylic acids is 1. The third-order valence-electron chi connectivity index (χ3n) is 5.24. The van der Waals surface area contributed by atoms with Crippen LogP contribution in [-0.4, -0.2) is 34.5 Å². The monoisotopic (exact) mass is 415 g/mol. The van der Waals surface area contributed by atoms with Gasteiger partial charge < -0.3 is 15.6 Å². The van der Waals surface area contributed by atoms with Gasteiger partial charge in [-0.15, -0.1) is 0 Å². The maximum atomic E-state index is 13.4. The fourth-order valence-corrected chi connectivity index (χ4v) is 3.74. The van der Waals surface area contributed by atoms with Crippen molar-refractivity contribution in [2.75, 3.05) is 18.9 Å². The molecule has 3 N–H and O–H groups in total. The fraction of sp³-hybridized carbons (Fsp3) is 0.286. The van der Waals surface area contributed by atoms with Gasteiger partial charge in [0.1, 0.15) is 12.1 Å². The van der Waals surface area contributed by atoms with Gasteiger partial charge in [0.05, 0.1) is 28.2 Å². The van der Waals surface area contributed by atoms with E-state index in [0.29, 0.717) is 34.6 Å². The third kappa shape index (κ3) is 3.40. The van der Waals surface area contributed by atoms with Crippen LogP contribution in [0.1, 0.15) is 34.0 Å². The van der Waals surface area contributed by atoms with Crippen LogP contribution < -0.4 is 10.6 Å². The highest BCUT2D eigenvalue weighted by molar-refractivity contribution is 6.02. The molecule has 1 amide bonds. The van der Waals surface area contributed by atoms with Crippen molar-refractivity contribution in [3.8, 4) is 22.6 Å². The number of fused-ring (bicyclic) bond motifs is 1. The van der Waals surface area contributed by atoms with Gasteiger partial charge in [-0.25, -0.2) is 9.97 Å². The average molecular weight is 415 g/mol. The number of H-pyrrole nitrogens is 1. The molecule has 1 aromatic carbocycles. The summed E-state index contributed by atoms with van der Waals surface area (Å²) in [7, 11) is 1.48. The molecule has 0 fully saturated rings. The van der Waals surface area contributed by atoms with Crippen LogP contribution in [-0.2, 0) is 19.0 Å². The highest BCUT2D eigenvalue weighted by Crippen LogP contribution is 2.37. The first-order valence-corrected chi connectivity index (χ1v) is 9.57. The number of aromatic nitrogens is 3. The zero-order chi connectivity index (χ0) is 21.5. The predicted octanol–water partition coefficient (Wildman–Crippen LogP) is 4.05. The van der Waals surface area contributed by atoms with Crippen LogP contribution in [0.5, 0.6) is 0 Å². The van der Waals surface area contributed by atoms with E-state index in [9.17, 15) is 18.0 Å². The van der Waals surface area contributed by atoms with E-state index in [0.717, 1.165) is 36.5 Å². The van der Waals surface area contributed by atoms with Gasteiger partial charge in [0.15, 0.2) is 0 Å². The van der Waals surface area contributed by atoms with E-state index >= 15 is 0 Å². The van der Waals surface area contributed by atoms with Crippen LogP contribution in [0.15, 0.2) is 30.6 Å². The zero-order valence-corrected chi connectivity index (χ0v) is 16.4. The molecule has 3 aromatic rings. The number of anilines is 1. The van der Waals surface area contributed by atoms with Crippen LogP contribution in [0.25, 0.3) is 22.6 Å². The molecule has 0 spiro atoms. The van der Waals surface area contributed by atoms with Crippen molar-refractivity contribution in [1.29, 1.82) is 0 Å². The van der Waals surface area contributed by atoms with E-state index in [-0.39, 0.29) is 5.56 Å². The molecule has 156 valence electrons. The van der Waals surface area contributed by atoms with Gasteiger partial charge in [0, 0.05) is 24.7 Å². The Labute approximate surface area is 171 Å². The molecule has 0 saturated heterocycles. The first-order chi connectivity index (χ1) is 14.3. The van der Waals surface area contributed by atoms with Crippen molar-refractivity contribution in [3.05, 3.63) is 52.8 Å². The molecule has 0 aliphatic carbocycles. The van der Waals surface area contributed by atoms with E-state index in [1.807, 2.05) is 6.92 Å². The second-order valence-electron chi connectivity index (χ2n) is 7.00. The number of nitrogens with zero attached hydrogens (tertiary/aromatic N) is 2. The SMILES string of the molecule is CCc1ccc(C(F)(F)F)cc1-c1[nH]c(-c2ncnc3c2CCN3)cc1C(=O)NC. The Morgan fingerprint density at radius 1 is 1.23 bits per heavy atom. The summed E-state index contributed by atoms with van der Waals surface area (Å²) in [6.45, 7) is 2.59. The van der Waals surface area contributed by atoms with Gasteiger partial charge in [0.25, 0.3) is 5.91 Å². The van der Waals surface area contributed by atoms with Crippen molar-refractivity contribution in [1.82, 2.24) is 20.3 Å². The number of rotatable bonds is 4. The second kappa shape index (κ2) is 7.47. The van der Waals surface area contributed by atoms with Gasteiger partial charge in [-0.05, 0) is 36.6 Å². The van der Waals surface area contributed by atoms with Crippen molar-refractivity contribution in [2.45, 2.75) is 25.9 Å². The molecular formula is C21H20F3N5O. The summed E-state index contributed by atoms with van der Waals surface area (Å²) in [5.41, 5.74) is 2.99. The van der Waals surface area contributed by atoms with E-state index in [1.54, 1.807) is 6.07 Å². The summed E-state index contributed by atoms with van der Waals surface area (Å²) in [4.78, 5) is 24.3. The van der Waals surface area contributed by atoms with Gasteiger partial charge in [-0.2, -0.15) is 13.2 Å². The molecule has 0 atom stereocenters. The number of hydrogen-bond acceptors (Lipinski definition) is 4. The van der Waals surface area contributed by atoms with Gasteiger partial charge >= 0.3 is 6.18 Å². The summed E-state index contributed by atoms with van der Waals surface area (Å²) in [5.74, 6) is 0.335. The number of halogens is 3. The van der Waals surface area contributed by atoms with Gasteiger partial charge in [-0.3, -0.25) is 4.79 Å². The van der Waals surface area contributed by atoms with Crippen molar-refractivity contribution < 1.29 is 18.0 Å². The van der Waals surface area contributed by atoms with E-state index in [4.69, 9.17) is 0 Å². The number of nitrogens with one attached hydrogen (secondary N) is 3. The molecule has 30 heavy (non-hydrogen) atoms. The smallest absolute Gasteiger partial charge is 0.369 e. The number of alkyl halides is 3. The Morgan fingerprint density at radius 3 is 2.73 bits per heavy atom. The highest BCUT2D eigenvalue weighted by atomic mass is 19.4. The topological polar surface area (TPSA) is 82.7 Å². The summed E-state index contributed by atoms with van der Waals surface area (Å²) < 4.78 is 40.1. The van der Waals surface area contributed by atoms with Crippen LogP contribution in [0.3, 0.4) is 0 Å². The number of hydrogen-bond donors (Lipinski definition) is 3. The summed E-state index contributed by atoms with van der Waals surface area (Å²) in [6, 6.07) is 5.25. The molecule has 0 unspecified atom stereocenters. The Hall–Kier alpha value is -3.36. The average Bonchev–Trinajstić information content (AvgIpc) is 3.39. The van der Waals surface area contributed by atoms with Crippen molar-refractivity contribution >= 4 is 11.7 Å². The minimum atomic E-state index is -4.48. The van der Waals surface area contributed by atoms with E-state index in [2.05, 4.69) is 25.6 Å². The maximum Gasteiger partial charge on any atom is 0.416 e. The van der Waals surface area contributed by atoms with E-state index in [1.165, 1.54) is 19.4 Å². The normalized spacial score (nSPS) is 13.1. The Balaban J connectivity index is 1.93. The van der Waals surface area contributed by atoms with Crippen molar-refractivity contribution in [3.63, 3.8) is 0 Å². The Kier molecular flexibility index (Phi) is 4.97. The lowest BCUT2D eigenvalue weighted by Crippen LogP contribution is -2.18. The van der Waals surface area contributed by atoms with Gasteiger partial charge in [-0.1, -0.05) is 13.0 Å². The first kappa shape index (κ1) is 19.9. The second-order valence-corrected chi connectivity index (χ2v) is 7.00. The molecule has 0 bridgehead atoms. The van der Waals surface area contributed by atoms with E-state index < -0.39 is 17.6 Å². The number of carbonyl (C=O) groups is 1. The fourth-order valence-electron chi connectivity index (χ4n) is 3.74. The molecule has 1 aliphatic heterocycles. The number of aromatic amines is 1. The van der Waals surface area contributed by atoms with Crippen molar-refractivity contribution in [2.24, 2.45) is 0 Å². The highest BCUT2D eigenvalue weighted by Gasteiger charge is 2.32. The van der Waals surface area contributed by atoms with Crippen LogP contribution in [0.4, 0.5) is 19.0 Å². The minimum absolute atomic E-state index is 0.264. The number of amides is 1. The summed E-state index contributed by atoms with van der Waals surface area (Å²) in [5, 5.41) is 5.73. The van der Waals surface area contributed by atoms with Crippen LogP contribution in [0, 0.1) is 0 Å². The molecule has 0 saturated carbocycles. The lowest BCUT2D eigenvalue weighted by Gasteiger charge is -2.13. The first-order valence-electron chi connectivity index (χ1n) is 9.57. The summed E-state index contributed by atoms with van der Waals surface area (Å²) in [6.07, 6.45) is -1.82. The Morgan fingerprint density at radius 2 is 2.03 bits per heavy atom. The summed E-state index contributed by atoms with van der Waals surface area (Å²) >= 11 is 0. The molecule has 4 rings (SSSR count). The number of aryl methyl sites for hydroxylation is 1. The Bertz CT molecular complexity index is 1120. The molecule has 6 nitrogen and oxygen atoms in total. The lowest BCUT2D eigenvalue weighted by atomic mass is 9.97.